The molecule has 0 radical (unpaired) electrons. The van der Waals surface area contributed by atoms with Gasteiger partial charge in [0.25, 0.3) is 0 Å². The van der Waals surface area contributed by atoms with E-state index in [0.29, 0.717) is 12.3 Å². The van der Waals surface area contributed by atoms with Crippen molar-refractivity contribution in [3.05, 3.63) is 35.9 Å². The van der Waals surface area contributed by atoms with Gasteiger partial charge in [-0.1, -0.05) is 43.7 Å². The van der Waals surface area contributed by atoms with Crippen LogP contribution < -0.4 is 5.73 Å². The summed E-state index contributed by atoms with van der Waals surface area (Å²) in [6, 6.07) is 10.4. The highest BCUT2D eigenvalue weighted by Crippen LogP contribution is 2.22. The lowest BCUT2D eigenvalue weighted by Gasteiger charge is -2.22. The summed E-state index contributed by atoms with van der Waals surface area (Å²) >= 11 is 0. The fourth-order valence-electron chi connectivity index (χ4n) is 2.18. The summed E-state index contributed by atoms with van der Waals surface area (Å²) in [4.78, 5) is 11.0. The predicted molar refractivity (Wildman–Crippen MR) is 78.0 cm³/mol. The molecule has 1 aromatic rings. The highest BCUT2D eigenvalue weighted by atomic mass is 16.4. The monoisotopic (exact) mass is 263 g/mol. The molecule has 1 aromatic carbocycles. The molecule has 0 heterocycles. The molecular weight excluding hydrogens is 238 g/mol. The largest absolute Gasteiger partial charge is 0.480 e. The van der Waals surface area contributed by atoms with Crippen molar-refractivity contribution >= 4 is 5.97 Å². The normalized spacial score (nSPS) is 15.7. The fraction of sp³-hybridized carbons (Fsp3) is 0.562. The van der Waals surface area contributed by atoms with Gasteiger partial charge in [-0.05, 0) is 44.1 Å². The molecule has 19 heavy (non-hydrogen) atoms. The molecule has 0 aliphatic carbocycles. The van der Waals surface area contributed by atoms with Gasteiger partial charge in [-0.25, -0.2) is 0 Å². The lowest BCUT2D eigenvalue weighted by atomic mass is 9.87. The molecule has 0 fully saturated rings. The summed E-state index contributed by atoms with van der Waals surface area (Å²) in [7, 11) is 0. The van der Waals surface area contributed by atoms with Crippen molar-refractivity contribution in [2.75, 3.05) is 0 Å². The van der Waals surface area contributed by atoms with Crippen molar-refractivity contribution in [3.8, 4) is 0 Å². The molecule has 3 heteroatoms. The highest BCUT2D eigenvalue weighted by molar-refractivity contribution is 5.77. The van der Waals surface area contributed by atoms with E-state index in [4.69, 9.17) is 10.8 Å². The molecule has 3 N–H and O–H groups in total. The van der Waals surface area contributed by atoms with Crippen molar-refractivity contribution in [1.82, 2.24) is 0 Å². The summed E-state index contributed by atoms with van der Waals surface area (Å²) in [5.74, 6) is -0.368. The third kappa shape index (κ3) is 5.43. The first-order chi connectivity index (χ1) is 8.95. The summed E-state index contributed by atoms with van der Waals surface area (Å²) in [6.07, 6.45) is 4.63. The van der Waals surface area contributed by atoms with Gasteiger partial charge in [0.15, 0.2) is 0 Å². The second-order valence-corrected chi connectivity index (χ2v) is 5.56. The minimum Gasteiger partial charge on any atom is -0.480 e. The highest BCUT2D eigenvalue weighted by Gasteiger charge is 2.28. The average Bonchev–Trinajstić information content (AvgIpc) is 2.40. The number of aryl methyl sites for hydroxylation is 1. The van der Waals surface area contributed by atoms with E-state index in [1.165, 1.54) is 5.56 Å². The van der Waals surface area contributed by atoms with Gasteiger partial charge in [0.1, 0.15) is 5.54 Å². The van der Waals surface area contributed by atoms with Crippen LogP contribution in [0.25, 0.3) is 0 Å². The summed E-state index contributed by atoms with van der Waals surface area (Å²) in [5.41, 5.74) is 6.02. The summed E-state index contributed by atoms with van der Waals surface area (Å²) < 4.78 is 0. The quantitative estimate of drug-likeness (QED) is 0.757. The van der Waals surface area contributed by atoms with E-state index >= 15 is 0 Å². The van der Waals surface area contributed by atoms with Gasteiger partial charge in [0.2, 0.25) is 0 Å². The van der Waals surface area contributed by atoms with Gasteiger partial charge in [-0.3, -0.25) is 4.79 Å². The number of nitrogens with two attached hydrogens (primary N) is 1. The van der Waals surface area contributed by atoms with E-state index < -0.39 is 11.5 Å². The fourth-order valence-corrected chi connectivity index (χ4v) is 2.18. The Bertz CT molecular complexity index is 387. The Kier molecular flexibility index (Phi) is 6.03. The van der Waals surface area contributed by atoms with Crippen molar-refractivity contribution in [1.29, 1.82) is 0 Å². The van der Waals surface area contributed by atoms with Crippen LogP contribution in [-0.2, 0) is 11.2 Å². The molecule has 0 aromatic heterocycles. The van der Waals surface area contributed by atoms with Crippen molar-refractivity contribution < 1.29 is 9.90 Å². The first-order valence-electron chi connectivity index (χ1n) is 7.02. The molecule has 0 saturated heterocycles. The SMILES string of the molecule is CCC(CCc1ccccc1)CCC(C)(N)C(=O)O. The molecule has 1 rings (SSSR count). The summed E-state index contributed by atoms with van der Waals surface area (Å²) in [5, 5.41) is 9.01. The zero-order valence-electron chi connectivity index (χ0n) is 11.9. The van der Waals surface area contributed by atoms with E-state index in [9.17, 15) is 4.79 Å². The Morgan fingerprint density at radius 1 is 1.32 bits per heavy atom. The second-order valence-electron chi connectivity index (χ2n) is 5.56. The number of hydrogen-bond acceptors (Lipinski definition) is 2. The maximum Gasteiger partial charge on any atom is 0.323 e. The van der Waals surface area contributed by atoms with Gasteiger partial charge < -0.3 is 10.8 Å². The van der Waals surface area contributed by atoms with Gasteiger partial charge in [-0.2, -0.15) is 0 Å². The van der Waals surface area contributed by atoms with Crippen molar-refractivity contribution in [3.63, 3.8) is 0 Å². The Balaban J connectivity index is 2.40. The molecule has 0 aliphatic rings. The van der Waals surface area contributed by atoms with Gasteiger partial charge in [-0.15, -0.1) is 0 Å². The Hall–Kier alpha value is -1.35. The van der Waals surface area contributed by atoms with Crippen LogP contribution >= 0.6 is 0 Å². The minimum absolute atomic E-state index is 0.537. The predicted octanol–water partition coefficient (Wildman–Crippen LogP) is 3.23. The van der Waals surface area contributed by atoms with Crippen molar-refractivity contribution in [2.24, 2.45) is 11.7 Å². The van der Waals surface area contributed by atoms with Crippen LogP contribution in [0.4, 0.5) is 0 Å². The number of carboxylic acids is 1. The van der Waals surface area contributed by atoms with E-state index in [0.717, 1.165) is 25.7 Å². The number of hydrogen-bond donors (Lipinski definition) is 2. The van der Waals surface area contributed by atoms with Gasteiger partial charge >= 0.3 is 5.97 Å². The van der Waals surface area contributed by atoms with Crippen LogP contribution in [0.3, 0.4) is 0 Å². The molecule has 0 bridgehead atoms. The van der Waals surface area contributed by atoms with Crippen LogP contribution in [0, 0.1) is 5.92 Å². The minimum atomic E-state index is -1.10. The van der Waals surface area contributed by atoms with Crippen molar-refractivity contribution in [2.45, 2.75) is 51.5 Å². The van der Waals surface area contributed by atoms with Gasteiger partial charge in [0, 0.05) is 0 Å². The lowest BCUT2D eigenvalue weighted by Crippen LogP contribution is -2.45. The molecule has 0 aliphatic heterocycles. The molecule has 2 unspecified atom stereocenters. The van der Waals surface area contributed by atoms with Crippen LogP contribution in [-0.4, -0.2) is 16.6 Å². The Morgan fingerprint density at radius 3 is 2.47 bits per heavy atom. The summed E-state index contributed by atoms with van der Waals surface area (Å²) in [6.45, 7) is 3.75. The van der Waals surface area contributed by atoms with E-state index in [1.807, 2.05) is 6.07 Å². The Labute approximate surface area is 115 Å². The maximum absolute atomic E-state index is 11.0. The lowest BCUT2D eigenvalue weighted by molar-refractivity contribution is -0.143. The zero-order valence-corrected chi connectivity index (χ0v) is 11.9. The maximum atomic E-state index is 11.0. The number of benzene rings is 1. The van der Waals surface area contributed by atoms with Crippen LogP contribution in [0.15, 0.2) is 30.3 Å². The molecule has 0 amide bonds. The van der Waals surface area contributed by atoms with Crippen LogP contribution in [0.5, 0.6) is 0 Å². The third-order valence-corrected chi connectivity index (χ3v) is 3.82. The third-order valence-electron chi connectivity index (χ3n) is 3.82. The van der Waals surface area contributed by atoms with E-state index in [2.05, 4.69) is 31.2 Å². The zero-order chi connectivity index (χ0) is 14.3. The molecule has 0 saturated carbocycles. The molecule has 0 spiro atoms. The van der Waals surface area contributed by atoms with Crippen LogP contribution in [0.1, 0.15) is 45.1 Å². The molecule has 2 atom stereocenters. The number of carbonyl (C=O) groups is 1. The second kappa shape index (κ2) is 7.29. The first kappa shape index (κ1) is 15.7. The van der Waals surface area contributed by atoms with Gasteiger partial charge in [0.05, 0.1) is 0 Å². The van der Waals surface area contributed by atoms with E-state index in [1.54, 1.807) is 6.92 Å². The molecular formula is C16H25NO2. The number of aliphatic carboxylic acids is 1. The Morgan fingerprint density at radius 2 is 1.95 bits per heavy atom. The molecule has 106 valence electrons. The average molecular weight is 263 g/mol. The molecule has 3 nitrogen and oxygen atoms in total. The number of rotatable bonds is 8. The first-order valence-corrected chi connectivity index (χ1v) is 7.02. The topological polar surface area (TPSA) is 63.3 Å². The smallest absolute Gasteiger partial charge is 0.323 e. The van der Waals surface area contributed by atoms with Crippen LogP contribution in [0.2, 0.25) is 0 Å². The van der Waals surface area contributed by atoms with E-state index in [-0.39, 0.29) is 0 Å². The standard InChI is InChI=1S/C16H25NO2/c1-3-13(11-12-16(2,17)15(18)19)9-10-14-7-5-4-6-8-14/h4-8,13H,3,9-12,17H2,1-2H3,(H,18,19). The number of carboxylic acid groups (broad SMARTS) is 1.